The fraction of sp³-hybridized carbons (Fsp3) is 0.276. The zero-order valence-electron chi connectivity index (χ0n) is 21.0. The highest BCUT2D eigenvalue weighted by Gasteiger charge is 2.68. The van der Waals surface area contributed by atoms with E-state index in [4.69, 9.17) is 9.47 Å². The van der Waals surface area contributed by atoms with Gasteiger partial charge in [-0.15, -0.1) is 0 Å². The smallest absolute Gasteiger partial charge is 0.331 e. The predicted molar refractivity (Wildman–Crippen MR) is 141 cm³/mol. The molecule has 0 aromatic heterocycles. The minimum Gasteiger partial charge on any atom is -0.484 e. The van der Waals surface area contributed by atoms with E-state index >= 15 is 0 Å². The predicted octanol–water partition coefficient (Wildman–Crippen LogP) is 2.96. The number of amides is 2. The van der Waals surface area contributed by atoms with Gasteiger partial charge in [0, 0.05) is 0 Å². The number of rotatable bonds is 8. The molecule has 2 amide bonds. The monoisotopic (exact) mass is 532 g/mol. The molecular weight excluding hydrogens is 504 g/mol. The number of fused-ring (bicyclic) bond motifs is 1. The van der Waals surface area contributed by atoms with Crippen LogP contribution in [0.15, 0.2) is 91.0 Å². The molecule has 2 saturated heterocycles. The quantitative estimate of drug-likeness (QED) is 0.354. The topological polar surface area (TPSA) is 102 Å². The van der Waals surface area contributed by atoms with Crippen molar-refractivity contribution < 1.29 is 28.1 Å². The normalized spacial score (nSPS) is 23.3. The molecule has 9 heteroatoms. The third kappa shape index (κ3) is 4.69. The first-order chi connectivity index (χ1) is 18.3. The summed E-state index contributed by atoms with van der Waals surface area (Å²) in [6.07, 6.45) is -0.699. The number of hydrogen-bond acceptors (Lipinski definition) is 6. The van der Waals surface area contributed by atoms with Crippen molar-refractivity contribution in [3.8, 4) is 5.75 Å². The number of para-hydroxylation sites is 1. The van der Waals surface area contributed by atoms with Gasteiger partial charge in [-0.05, 0) is 37.1 Å². The molecule has 4 atom stereocenters. The van der Waals surface area contributed by atoms with E-state index in [2.05, 4.69) is 5.32 Å². The fourth-order valence-corrected chi connectivity index (χ4v) is 6.84. The first-order valence-electron chi connectivity index (χ1n) is 12.3. The van der Waals surface area contributed by atoms with Crippen LogP contribution in [0, 0.1) is 0 Å². The van der Waals surface area contributed by atoms with Crippen molar-refractivity contribution in [2.45, 2.75) is 42.2 Å². The van der Waals surface area contributed by atoms with Crippen molar-refractivity contribution in [2.24, 2.45) is 0 Å². The van der Waals surface area contributed by atoms with E-state index in [0.29, 0.717) is 5.75 Å². The largest absolute Gasteiger partial charge is 0.484 e. The van der Waals surface area contributed by atoms with Gasteiger partial charge < -0.3 is 19.7 Å². The molecule has 2 aliphatic heterocycles. The zero-order chi connectivity index (χ0) is 26.9. The Morgan fingerprint density at radius 1 is 0.921 bits per heavy atom. The Balaban J connectivity index is 1.32. The Hall–Kier alpha value is -3.98. The average molecular weight is 533 g/mol. The van der Waals surface area contributed by atoms with E-state index in [1.165, 1.54) is 4.90 Å². The standard InChI is InChI=1S/C29H28N2O6S/c1-29(2)25(28(34)37-24(19-12-6-3-7-13-19)20-14-8-4-9-15-20)31-26(33)23(27(31)38(29)35)30-22(32)18-36-21-16-10-5-11-17-21/h3-17,23-25,27H,18H2,1-2H3,(H,30,32)/t23?,25?,27-,38?/m0/s1. The molecule has 2 aliphatic rings. The molecule has 0 bridgehead atoms. The van der Waals surface area contributed by atoms with E-state index in [1.807, 2.05) is 66.7 Å². The maximum Gasteiger partial charge on any atom is 0.331 e. The number of carbonyl (C=O) groups excluding carboxylic acids is 3. The highest BCUT2D eigenvalue weighted by molar-refractivity contribution is 7.87. The summed E-state index contributed by atoms with van der Waals surface area (Å²) in [5, 5.41) is 1.80. The van der Waals surface area contributed by atoms with Crippen LogP contribution < -0.4 is 10.1 Å². The van der Waals surface area contributed by atoms with E-state index in [0.717, 1.165) is 11.1 Å². The average Bonchev–Trinajstić information content (AvgIpc) is 3.13. The lowest BCUT2D eigenvalue weighted by Gasteiger charge is -2.43. The van der Waals surface area contributed by atoms with E-state index < -0.39 is 56.9 Å². The number of benzene rings is 3. The van der Waals surface area contributed by atoms with Gasteiger partial charge in [-0.1, -0.05) is 78.9 Å². The highest BCUT2D eigenvalue weighted by atomic mass is 32.2. The molecule has 0 saturated carbocycles. The van der Waals surface area contributed by atoms with E-state index in [9.17, 15) is 18.6 Å². The van der Waals surface area contributed by atoms with Gasteiger partial charge in [-0.25, -0.2) is 4.79 Å². The number of ether oxygens (including phenoxy) is 2. The molecule has 0 spiro atoms. The van der Waals surface area contributed by atoms with Gasteiger partial charge in [0.1, 0.15) is 23.2 Å². The van der Waals surface area contributed by atoms with Crippen molar-refractivity contribution >= 4 is 28.6 Å². The van der Waals surface area contributed by atoms with Crippen LogP contribution in [-0.4, -0.2) is 55.7 Å². The van der Waals surface area contributed by atoms with Crippen molar-refractivity contribution in [3.63, 3.8) is 0 Å². The molecular formula is C29H28N2O6S. The first-order valence-corrected chi connectivity index (χ1v) is 13.5. The molecule has 0 aliphatic carbocycles. The number of β-lactam (4-membered cyclic amide) rings is 1. The van der Waals surface area contributed by atoms with Crippen molar-refractivity contribution in [3.05, 3.63) is 102 Å². The Bertz CT molecular complexity index is 1310. The van der Waals surface area contributed by atoms with E-state index in [1.54, 1.807) is 38.1 Å². The Morgan fingerprint density at radius 2 is 1.45 bits per heavy atom. The molecule has 8 nitrogen and oxygen atoms in total. The summed E-state index contributed by atoms with van der Waals surface area (Å²) < 4.78 is 23.9. The first kappa shape index (κ1) is 25.7. The minimum atomic E-state index is -1.63. The van der Waals surface area contributed by atoms with Crippen molar-refractivity contribution in [1.82, 2.24) is 10.2 Å². The number of carbonyl (C=O) groups is 3. The summed E-state index contributed by atoms with van der Waals surface area (Å²) in [6, 6.07) is 25.4. The lowest BCUT2D eigenvalue weighted by Crippen LogP contribution is -2.72. The number of hydrogen-bond donors (Lipinski definition) is 1. The van der Waals surface area contributed by atoms with Crippen LogP contribution in [0.2, 0.25) is 0 Å². The lowest BCUT2D eigenvalue weighted by atomic mass is 9.95. The van der Waals surface area contributed by atoms with Crippen LogP contribution in [0.4, 0.5) is 0 Å². The Labute approximate surface area is 223 Å². The zero-order valence-corrected chi connectivity index (χ0v) is 21.8. The van der Waals surface area contributed by atoms with Gasteiger partial charge >= 0.3 is 5.97 Å². The van der Waals surface area contributed by atoms with Crippen LogP contribution in [0.5, 0.6) is 5.75 Å². The van der Waals surface area contributed by atoms with Gasteiger partial charge in [-0.3, -0.25) is 13.8 Å². The molecule has 5 rings (SSSR count). The Morgan fingerprint density at radius 3 is 2.00 bits per heavy atom. The molecule has 0 radical (unpaired) electrons. The van der Waals surface area contributed by atoms with Gasteiger partial charge in [-0.2, -0.15) is 0 Å². The molecule has 3 aromatic carbocycles. The summed E-state index contributed by atoms with van der Waals surface area (Å²) in [5.74, 6) is -1.11. The number of esters is 1. The molecule has 196 valence electrons. The van der Waals surface area contributed by atoms with Crippen LogP contribution in [0.25, 0.3) is 0 Å². The molecule has 2 fully saturated rings. The third-order valence-electron chi connectivity index (χ3n) is 6.85. The Kier molecular flexibility index (Phi) is 7.03. The van der Waals surface area contributed by atoms with Crippen molar-refractivity contribution in [2.75, 3.05) is 6.61 Å². The molecule has 38 heavy (non-hydrogen) atoms. The number of nitrogens with one attached hydrogen (secondary N) is 1. The van der Waals surface area contributed by atoms with Crippen LogP contribution >= 0.6 is 0 Å². The lowest BCUT2D eigenvalue weighted by molar-refractivity contribution is -0.166. The van der Waals surface area contributed by atoms with Crippen LogP contribution in [0.1, 0.15) is 31.1 Å². The maximum absolute atomic E-state index is 13.6. The fourth-order valence-electron chi connectivity index (χ4n) is 4.92. The minimum absolute atomic E-state index is 0.294. The molecule has 3 unspecified atom stereocenters. The van der Waals surface area contributed by atoms with Crippen LogP contribution in [-0.2, 0) is 29.9 Å². The second kappa shape index (κ2) is 10.4. The molecule has 2 heterocycles. The van der Waals surface area contributed by atoms with Gasteiger partial charge in [0.05, 0.1) is 15.5 Å². The van der Waals surface area contributed by atoms with Gasteiger partial charge in [0.2, 0.25) is 5.91 Å². The number of nitrogens with zero attached hydrogens (tertiary/aromatic N) is 1. The summed E-state index contributed by atoms with van der Waals surface area (Å²) in [5.41, 5.74) is 1.55. The summed E-state index contributed by atoms with van der Waals surface area (Å²) in [7, 11) is -1.63. The summed E-state index contributed by atoms with van der Waals surface area (Å²) in [6.45, 7) is 3.06. The summed E-state index contributed by atoms with van der Waals surface area (Å²) >= 11 is 0. The van der Waals surface area contributed by atoms with Gasteiger partial charge in [0.25, 0.3) is 5.91 Å². The second-order valence-corrected chi connectivity index (χ2v) is 11.9. The second-order valence-electron chi connectivity index (χ2n) is 9.72. The van der Waals surface area contributed by atoms with Crippen molar-refractivity contribution in [1.29, 1.82) is 0 Å². The maximum atomic E-state index is 13.6. The van der Waals surface area contributed by atoms with E-state index in [-0.39, 0.29) is 6.61 Å². The SMILES string of the molecule is CC1(C)C(C(=O)OC(c2ccccc2)c2ccccc2)N2C(=O)C(NC(=O)COc3ccccc3)[C@@H]2S1=O. The highest BCUT2D eigenvalue weighted by Crippen LogP contribution is 2.44. The van der Waals surface area contributed by atoms with Crippen LogP contribution in [0.3, 0.4) is 0 Å². The third-order valence-corrected chi connectivity index (χ3v) is 9.04. The summed E-state index contributed by atoms with van der Waals surface area (Å²) in [4.78, 5) is 40.6. The molecule has 1 N–H and O–H groups in total. The molecule has 3 aromatic rings. The van der Waals surface area contributed by atoms with Gasteiger partial charge in [0.15, 0.2) is 12.7 Å².